The van der Waals surface area contributed by atoms with Gasteiger partial charge in [0.05, 0.1) is 18.3 Å². The molecular weight excluding hydrogens is 258 g/mol. The fraction of sp³-hybridized carbons (Fsp3) is 0.500. The summed E-state index contributed by atoms with van der Waals surface area (Å²) < 4.78 is 0. The topological polar surface area (TPSA) is 82.5 Å². The van der Waals surface area contributed by atoms with E-state index in [9.17, 15) is 14.7 Å². The summed E-state index contributed by atoms with van der Waals surface area (Å²) in [7, 11) is 0. The minimum atomic E-state index is -0.437. The maximum absolute atomic E-state index is 12.3. The van der Waals surface area contributed by atoms with Crippen LogP contribution in [0.5, 0.6) is 0 Å². The molecule has 6 nitrogen and oxygen atoms in total. The van der Waals surface area contributed by atoms with Gasteiger partial charge in [-0.25, -0.2) is 0 Å². The van der Waals surface area contributed by atoms with Crippen LogP contribution in [0.3, 0.4) is 0 Å². The first-order valence-electron chi connectivity index (χ1n) is 6.73. The van der Waals surface area contributed by atoms with Crippen LogP contribution in [0, 0.1) is 0 Å². The van der Waals surface area contributed by atoms with E-state index in [2.05, 4.69) is 10.3 Å². The highest BCUT2D eigenvalue weighted by Crippen LogP contribution is 2.14. The van der Waals surface area contributed by atoms with E-state index < -0.39 is 6.10 Å². The maximum Gasteiger partial charge on any atom is 0.254 e. The molecule has 0 aliphatic carbocycles. The van der Waals surface area contributed by atoms with Gasteiger partial charge in [-0.1, -0.05) is 0 Å². The average molecular weight is 277 g/mol. The van der Waals surface area contributed by atoms with Crippen molar-refractivity contribution in [2.45, 2.75) is 32.4 Å². The molecule has 1 aromatic heterocycles. The monoisotopic (exact) mass is 277 g/mol. The zero-order valence-corrected chi connectivity index (χ0v) is 11.5. The Hall–Kier alpha value is -1.95. The zero-order valence-electron chi connectivity index (χ0n) is 11.5. The number of amides is 2. The number of hydrogen-bond acceptors (Lipinski definition) is 4. The number of nitrogens with one attached hydrogen (secondary N) is 1. The van der Waals surface area contributed by atoms with Crippen LogP contribution in [0.1, 0.15) is 35.8 Å². The van der Waals surface area contributed by atoms with Crippen LogP contribution in [0.15, 0.2) is 18.3 Å². The highest BCUT2D eigenvalue weighted by molar-refractivity contribution is 5.94. The number of aliphatic hydroxyl groups excluding tert-OH is 1. The number of rotatable bonds is 3. The van der Waals surface area contributed by atoms with Crippen molar-refractivity contribution < 1.29 is 14.7 Å². The van der Waals surface area contributed by atoms with Gasteiger partial charge in [-0.05, 0) is 25.0 Å². The number of hydrogen-bond donors (Lipinski definition) is 2. The van der Waals surface area contributed by atoms with Gasteiger partial charge in [0, 0.05) is 31.8 Å². The first-order valence-corrected chi connectivity index (χ1v) is 6.73. The quantitative estimate of drug-likeness (QED) is 0.833. The van der Waals surface area contributed by atoms with Gasteiger partial charge >= 0.3 is 0 Å². The summed E-state index contributed by atoms with van der Waals surface area (Å²) in [5.74, 6) is -0.238. The van der Waals surface area contributed by atoms with Crippen LogP contribution in [0.2, 0.25) is 0 Å². The van der Waals surface area contributed by atoms with Gasteiger partial charge < -0.3 is 15.3 Å². The van der Waals surface area contributed by atoms with Crippen molar-refractivity contribution in [1.29, 1.82) is 0 Å². The van der Waals surface area contributed by atoms with E-state index in [1.807, 2.05) is 0 Å². The second-order valence-electron chi connectivity index (χ2n) is 4.99. The van der Waals surface area contributed by atoms with Gasteiger partial charge in [0.15, 0.2) is 0 Å². The molecule has 1 aliphatic heterocycles. The minimum Gasteiger partial charge on any atom is -0.391 e. The van der Waals surface area contributed by atoms with Crippen molar-refractivity contribution in [2.24, 2.45) is 0 Å². The second-order valence-corrected chi connectivity index (χ2v) is 4.99. The first kappa shape index (κ1) is 14.5. The van der Waals surface area contributed by atoms with E-state index in [0.717, 1.165) is 12.8 Å². The molecule has 1 atom stereocenters. The van der Waals surface area contributed by atoms with Crippen LogP contribution in [-0.2, 0) is 11.3 Å². The third-order valence-corrected chi connectivity index (χ3v) is 3.27. The van der Waals surface area contributed by atoms with Crippen LogP contribution < -0.4 is 5.32 Å². The Morgan fingerprint density at radius 2 is 2.35 bits per heavy atom. The number of piperidine rings is 1. The lowest BCUT2D eigenvalue weighted by molar-refractivity contribution is -0.119. The Kier molecular flexibility index (Phi) is 4.68. The standard InChI is InChI=1S/C14H19N3O3/c1-10(18)16-8-12-7-11(4-5-15-12)14(20)17-6-2-3-13(19)9-17/h4-5,7,13,19H,2-3,6,8-9H2,1H3,(H,16,18). The molecule has 1 aromatic rings. The molecule has 6 heteroatoms. The Balaban J connectivity index is 2.05. The van der Waals surface area contributed by atoms with Crippen molar-refractivity contribution in [3.63, 3.8) is 0 Å². The summed E-state index contributed by atoms with van der Waals surface area (Å²) >= 11 is 0. The van der Waals surface area contributed by atoms with Crippen LogP contribution in [0.4, 0.5) is 0 Å². The Labute approximate surface area is 117 Å². The molecule has 0 radical (unpaired) electrons. The molecule has 2 heterocycles. The van der Waals surface area contributed by atoms with Gasteiger partial charge in [0.1, 0.15) is 0 Å². The number of likely N-dealkylation sites (tertiary alicyclic amines) is 1. The SMILES string of the molecule is CC(=O)NCc1cc(C(=O)N2CCCC(O)C2)ccn1. The van der Waals surface area contributed by atoms with Crippen molar-refractivity contribution >= 4 is 11.8 Å². The van der Waals surface area contributed by atoms with E-state index >= 15 is 0 Å². The molecule has 1 aliphatic rings. The van der Waals surface area contributed by atoms with Gasteiger partial charge in [0.2, 0.25) is 5.91 Å². The maximum atomic E-state index is 12.3. The predicted octanol–water partition coefficient (Wildman–Crippen LogP) is 0.315. The van der Waals surface area contributed by atoms with E-state index in [-0.39, 0.29) is 11.8 Å². The van der Waals surface area contributed by atoms with E-state index in [0.29, 0.717) is 30.9 Å². The minimum absolute atomic E-state index is 0.102. The number of aliphatic hydroxyl groups is 1. The van der Waals surface area contributed by atoms with Crippen molar-refractivity contribution in [1.82, 2.24) is 15.2 Å². The Morgan fingerprint density at radius 3 is 3.05 bits per heavy atom. The van der Waals surface area contributed by atoms with Crippen molar-refractivity contribution in [2.75, 3.05) is 13.1 Å². The summed E-state index contributed by atoms with van der Waals surface area (Å²) in [6, 6.07) is 3.33. The third-order valence-electron chi connectivity index (χ3n) is 3.27. The highest BCUT2D eigenvalue weighted by atomic mass is 16.3. The normalized spacial score (nSPS) is 18.7. The van der Waals surface area contributed by atoms with Gasteiger partial charge in [-0.15, -0.1) is 0 Å². The molecule has 2 rings (SSSR count). The second kappa shape index (κ2) is 6.47. The Morgan fingerprint density at radius 1 is 1.55 bits per heavy atom. The fourth-order valence-electron chi connectivity index (χ4n) is 2.24. The molecule has 1 fully saturated rings. The van der Waals surface area contributed by atoms with Crippen LogP contribution in [0.25, 0.3) is 0 Å². The molecule has 1 unspecified atom stereocenters. The summed E-state index contributed by atoms with van der Waals surface area (Å²) in [5, 5.41) is 12.3. The molecule has 0 spiro atoms. The number of nitrogens with zero attached hydrogens (tertiary/aromatic N) is 2. The number of carbonyl (C=O) groups is 2. The summed E-state index contributed by atoms with van der Waals surface area (Å²) in [6.07, 6.45) is 2.68. The zero-order chi connectivity index (χ0) is 14.5. The summed E-state index contributed by atoms with van der Waals surface area (Å²) in [4.78, 5) is 29.0. The van der Waals surface area contributed by atoms with Crippen molar-refractivity contribution in [3.05, 3.63) is 29.6 Å². The number of β-amino-alcohol motifs (C(OH)–C–C–N with tert-alkyl or cyclic N) is 1. The lowest BCUT2D eigenvalue weighted by Crippen LogP contribution is -2.42. The average Bonchev–Trinajstić information content (AvgIpc) is 2.44. The van der Waals surface area contributed by atoms with Crippen LogP contribution >= 0.6 is 0 Å². The fourth-order valence-corrected chi connectivity index (χ4v) is 2.24. The first-order chi connectivity index (χ1) is 9.56. The molecular formula is C14H19N3O3. The van der Waals surface area contributed by atoms with E-state index in [4.69, 9.17) is 0 Å². The Bertz CT molecular complexity index is 504. The number of carbonyl (C=O) groups excluding carboxylic acids is 2. The highest BCUT2D eigenvalue weighted by Gasteiger charge is 2.23. The molecule has 2 amide bonds. The molecule has 1 saturated heterocycles. The number of pyridine rings is 1. The summed E-state index contributed by atoms with van der Waals surface area (Å²) in [6.45, 7) is 2.78. The molecule has 108 valence electrons. The predicted molar refractivity (Wildman–Crippen MR) is 72.9 cm³/mol. The molecule has 0 saturated carbocycles. The molecule has 0 bridgehead atoms. The van der Waals surface area contributed by atoms with Gasteiger partial charge in [-0.3, -0.25) is 14.6 Å². The number of aromatic nitrogens is 1. The lowest BCUT2D eigenvalue weighted by Gasteiger charge is -2.30. The summed E-state index contributed by atoms with van der Waals surface area (Å²) in [5.41, 5.74) is 1.18. The van der Waals surface area contributed by atoms with Gasteiger partial charge in [0.25, 0.3) is 5.91 Å². The van der Waals surface area contributed by atoms with Crippen molar-refractivity contribution in [3.8, 4) is 0 Å². The molecule has 2 N–H and O–H groups in total. The third kappa shape index (κ3) is 3.77. The van der Waals surface area contributed by atoms with E-state index in [1.54, 1.807) is 23.2 Å². The smallest absolute Gasteiger partial charge is 0.254 e. The lowest BCUT2D eigenvalue weighted by atomic mass is 10.1. The molecule has 20 heavy (non-hydrogen) atoms. The van der Waals surface area contributed by atoms with Gasteiger partial charge in [-0.2, -0.15) is 0 Å². The van der Waals surface area contributed by atoms with Crippen LogP contribution in [-0.4, -0.2) is 46.0 Å². The molecule has 0 aromatic carbocycles. The van der Waals surface area contributed by atoms with E-state index in [1.165, 1.54) is 6.92 Å². The largest absolute Gasteiger partial charge is 0.391 e.